The number of nitrogens with one attached hydrogen (secondary N) is 9. The van der Waals surface area contributed by atoms with Gasteiger partial charge in [0.25, 0.3) is 0 Å². The summed E-state index contributed by atoms with van der Waals surface area (Å²) in [5.74, 6) is -14.0. The highest BCUT2D eigenvalue weighted by atomic mass is 32.2. The zero-order valence-corrected chi connectivity index (χ0v) is 44.1. The maximum Gasteiger partial charge on any atom is 0.326 e. The summed E-state index contributed by atoms with van der Waals surface area (Å²) in [5.41, 5.74) is 16.6. The van der Waals surface area contributed by atoms with Crippen molar-refractivity contribution >= 4 is 88.8 Å². The van der Waals surface area contributed by atoms with E-state index in [1.165, 1.54) is 32.5 Å². The van der Waals surface area contributed by atoms with Gasteiger partial charge in [-0.25, -0.2) is 4.79 Å². The highest BCUT2D eigenvalue weighted by Crippen LogP contribution is 2.11. The number of thioether (sulfide) groups is 1. The number of aliphatic carboxylic acids is 3. The van der Waals surface area contributed by atoms with E-state index in [2.05, 4.69) is 52.8 Å². The standard InChI is InChI=1S/C44H77N13O17S/c1-19(2)16-27(53-37(67)25(10-9-14-48-44(46)47)52-36(66)24(45)11-12-30(61)62)39(69)56-34(23(7)59)42(72)57-33(22(6)58)41(71)49-18-29(60)50-21(5)35(65)51-26(13-15-75-8)38(68)54-28(17-31(63)64)40(70)55-32(20(3)4)43(73)74/h19-28,32-34,58-59H,9-18,45H2,1-8H3,(H,49,71)(H,50,60)(H,51,65)(H,52,66)(H,53,67)(H,54,68)(H,55,70)(H,56,69)(H,57,72)(H,61,62)(H,63,64)(H,73,74)(H4,46,47,48)/t21-,22+,23+,24-,25-,26-,27-,28-,32-,33-,34-/m0/s1. The summed E-state index contributed by atoms with van der Waals surface area (Å²) in [6, 6.07) is -13.6. The zero-order valence-electron chi connectivity index (χ0n) is 43.3. The van der Waals surface area contributed by atoms with E-state index in [1.54, 1.807) is 20.1 Å². The Labute approximate surface area is 437 Å². The lowest BCUT2D eigenvalue weighted by Gasteiger charge is -2.29. The lowest BCUT2D eigenvalue weighted by Crippen LogP contribution is -2.62. The number of aliphatic hydroxyl groups is 2. The third-order valence-electron chi connectivity index (χ3n) is 10.7. The lowest BCUT2D eigenvalue weighted by atomic mass is 10.0. The number of carboxylic acids is 3. The average molecular weight is 1090 g/mol. The van der Waals surface area contributed by atoms with Crippen LogP contribution in [0.1, 0.15) is 93.4 Å². The van der Waals surface area contributed by atoms with E-state index in [1.807, 2.05) is 0 Å². The number of aliphatic imine (C=N–C) groups is 1. The second-order valence-electron chi connectivity index (χ2n) is 18.3. The molecule has 0 bridgehead atoms. The topological polar surface area (TPSA) is 505 Å². The van der Waals surface area contributed by atoms with Crippen molar-refractivity contribution in [3.8, 4) is 0 Å². The van der Waals surface area contributed by atoms with Gasteiger partial charge in [0.2, 0.25) is 53.2 Å². The van der Waals surface area contributed by atoms with Crippen LogP contribution in [0.5, 0.6) is 0 Å². The molecule has 0 aromatic carbocycles. The molecule has 0 aromatic rings. The molecule has 0 unspecified atom stereocenters. The van der Waals surface area contributed by atoms with Crippen molar-refractivity contribution in [3.05, 3.63) is 0 Å². The summed E-state index contributed by atoms with van der Waals surface area (Å²) in [6.45, 7) is 9.04. The first-order valence-electron chi connectivity index (χ1n) is 23.8. The van der Waals surface area contributed by atoms with Crippen molar-refractivity contribution in [2.24, 2.45) is 34.0 Å². The van der Waals surface area contributed by atoms with Crippen molar-refractivity contribution in [2.75, 3.05) is 25.1 Å². The predicted molar refractivity (Wildman–Crippen MR) is 269 cm³/mol. The fraction of sp³-hybridized carbons (Fsp3) is 0.705. The predicted octanol–water partition coefficient (Wildman–Crippen LogP) is -5.98. The molecule has 31 heteroatoms. The first-order valence-corrected chi connectivity index (χ1v) is 25.2. The number of amides is 9. The summed E-state index contributed by atoms with van der Waals surface area (Å²) >= 11 is 1.28. The summed E-state index contributed by atoms with van der Waals surface area (Å²) in [5, 5.41) is 69.8. The number of aliphatic hydroxyl groups excluding tert-OH is 2. The number of nitrogens with two attached hydrogens (primary N) is 3. The lowest BCUT2D eigenvalue weighted by molar-refractivity contribution is -0.144. The molecule has 11 atom stereocenters. The molecule has 0 aliphatic carbocycles. The van der Waals surface area contributed by atoms with Gasteiger partial charge in [0, 0.05) is 13.0 Å². The molecule has 0 heterocycles. The number of carbonyl (C=O) groups is 12. The normalized spacial score (nSPS) is 15.5. The Hall–Kier alpha value is -6.86. The van der Waals surface area contributed by atoms with E-state index in [9.17, 15) is 78.0 Å². The van der Waals surface area contributed by atoms with Gasteiger partial charge in [0.15, 0.2) is 5.96 Å². The summed E-state index contributed by atoms with van der Waals surface area (Å²) in [7, 11) is 0. The van der Waals surface area contributed by atoms with Gasteiger partial charge in [-0.1, -0.05) is 27.7 Å². The van der Waals surface area contributed by atoms with Gasteiger partial charge in [-0.2, -0.15) is 11.8 Å². The Kier molecular flexibility index (Phi) is 31.4. The van der Waals surface area contributed by atoms with Gasteiger partial charge < -0.3 is 90.6 Å². The van der Waals surface area contributed by atoms with Crippen LogP contribution in [0.25, 0.3) is 0 Å². The zero-order chi connectivity index (χ0) is 57.9. The summed E-state index contributed by atoms with van der Waals surface area (Å²) in [6.07, 6.45) is -3.26. The number of hydrogen-bond donors (Lipinski definition) is 17. The molecule has 0 saturated carbocycles. The molecule has 0 fully saturated rings. The smallest absolute Gasteiger partial charge is 0.326 e. The van der Waals surface area contributed by atoms with Crippen molar-refractivity contribution < 1.29 is 83.1 Å². The van der Waals surface area contributed by atoms with Crippen LogP contribution in [0, 0.1) is 11.8 Å². The molecule has 0 aliphatic heterocycles. The molecule has 75 heavy (non-hydrogen) atoms. The van der Waals surface area contributed by atoms with E-state index in [0.717, 1.165) is 13.8 Å². The van der Waals surface area contributed by atoms with Crippen LogP contribution < -0.4 is 65.1 Å². The number of rotatable bonds is 36. The molecule has 0 saturated heterocycles. The Bertz CT molecular complexity index is 2020. The molecule has 426 valence electrons. The van der Waals surface area contributed by atoms with Crippen LogP contribution in [0.2, 0.25) is 0 Å². The minimum absolute atomic E-state index is 0.0391. The van der Waals surface area contributed by atoms with E-state index in [0.29, 0.717) is 0 Å². The van der Waals surface area contributed by atoms with Crippen LogP contribution >= 0.6 is 11.8 Å². The third-order valence-corrected chi connectivity index (χ3v) is 11.4. The quantitative estimate of drug-likeness (QED) is 0.0158. The minimum Gasteiger partial charge on any atom is -0.481 e. The van der Waals surface area contributed by atoms with Crippen molar-refractivity contribution in [3.63, 3.8) is 0 Å². The van der Waals surface area contributed by atoms with Crippen LogP contribution in [-0.2, 0) is 57.5 Å². The minimum atomic E-state index is -1.82. The molecule has 0 spiro atoms. The monoisotopic (exact) mass is 1090 g/mol. The van der Waals surface area contributed by atoms with Crippen LogP contribution in [0.3, 0.4) is 0 Å². The first kappa shape index (κ1) is 68.1. The highest BCUT2D eigenvalue weighted by Gasteiger charge is 2.36. The molecule has 20 N–H and O–H groups in total. The molecule has 9 amide bonds. The Morgan fingerprint density at radius 2 is 1.03 bits per heavy atom. The van der Waals surface area contributed by atoms with E-state index in [4.69, 9.17) is 22.3 Å². The Morgan fingerprint density at radius 3 is 1.52 bits per heavy atom. The molecule has 0 aliphatic rings. The molecule has 0 aromatic heterocycles. The number of hydrogen-bond acceptors (Lipinski definition) is 17. The largest absolute Gasteiger partial charge is 0.481 e. The SMILES string of the molecule is CSCC[C@H](NC(=O)[C@H](C)NC(=O)CNC(=O)[C@@H](NC(=O)[C@@H](NC(=O)[C@H](CC(C)C)NC(=O)[C@H](CCCN=C(N)N)NC(=O)[C@@H](N)CCC(=O)O)[C@@H](C)O)[C@@H](C)O)C(=O)N[C@@H](CC(=O)O)C(=O)N[C@H](C(=O)O)C(C)C. The van der Waals surface area contributed by atoms with Crippen molar-refractivity contribution in [2.45, 2.75) is 160 Å². The number of carbonyl (C=O) groups excluding carboxylic acids is 9. The fourth-order valence-electron chi connectivity index (χ4n) is 6.60. The number of carboxylic acid groups (broad SMARTS) is 3. The van der Waals surface area contributed by atoms with Crippen molar-refractivity contribution in [1.29, 1.82) is 0 Å². The molecular formula is C44H77N13O17S. The Balaban J connectivity index is 6.03. The molecule has 30 nitrogen and oxygen atoms in total. The van der Waals surface area contributed by atoms with Gasteiger partial charge in [0.05, 0.1) is 31.2 Å². The number of guanidine groups is 1. The van der Waals surface area contributed by atoms with E-state index < -0.39 is 163 Å². The molecule has 0 radical (unpaired) electrons. The maximum absolute atomic E-state index is 13.7. The Morgan fingerprint density at radius 1 is 0.547 bits per heavy atom. The molecular weight excluding hydrogens is 1010 g/mol. The van der Waals surface area contributed by atoms with Crippen LogP contribution in [-0.4, -0.2) is 194 Å². The maximum atomic E-state index is 13.7. The van der Waals surface area contributed by atoms with E-state index in [-0.39, 0.29) is 56.3 Å². The van der Waals surface area contributed by atoms with Crippen LogP contribution in [0.4, 0.5) is 0 Å². The second-order valence-corrected chi connectivity index (χ2v) is 19.3. The summed E-state index contributed by atoms with van der Waals surface area (Å²) in [4.78, 5) is 158. The van der Waals surface area contributed by atoms with E-state index >= 15 is 0 Å². The van der Waals surface area contributed by atoms with Gasteiger partial charge in [-0.15, -0.1) is 0 Å². The first-order chi connectivity index (χ1) is 34.8. The van der Waals surface area contributed by atoms with Gasteiger partial charge in [0.1, 0.15) is 48.3 Å². The molecule has 0 rings (SSSR count). The number of nitrogens with zero attached hydrogens (tertiary/aromatic N) is 1. The second kappa shape index (κ2) is 34.6. The van der Waals surface area contributed by atoms with Gasteiger partial charge in [-0.3, -0.25) is 57.7 Å². The highest BCUT2D eigenvalue weighted by molar-refractivity contribution is 7.98. The van der Waals surface area contributed by atoms with Crippen LogP contribution in [0.15, 0.2) is 4.99 Å². The van der Waals surface area contributed by atoms with Crippen molar-refractivity contribution in [1.82, 2.24) is 47.9 Å². The third kappa shape index (κ3) is 27.3. The van der Waals surface area contributed by atoms with Gasteiger partial charge in [-0.05, 0) is 76.7 Å². The fourth-order valence-corrected chi connectivity index (χ4v) is 7.08. The van der Waals surface area contributed by atoms with Gasteiger partial charge >= 0.3 is 17.9 Å². The summed E-state index contributed by atoms with van der Waals surface area (Å²) < 4.78 is 0. The average Bonchev–Trinajstić information content (AvgIpc) is 3.30.